The number of hydrogen-bond acceptors (Lipinski definition) is 1. The summed E-state index contributed by atoms with van der Waals surface area (Å²) in [5.41, 5.74) is 2.45. The van der Waals surface area contributed by atoms with Crippen LogP contribution in [0.3, 0.4) is 0 Å². The van der Waals surface area contributed by atoms with E-state index >= 15 is 0 Å². The van der Waals surface area contributed by atoms with Gasteiger partial charge < -0.3 is 10.6 Å². The third-order valence-electron chi connectivity index (χ3n) is 3.29. The van der Waals surface area contributed by atoms with E-state index < -0.39 is 0 Å². The van der Waals surface area contributed by atoms with Crippen LogP contribution >= 0.6 is 12.2 Å². The van der Waals surface area contributed by atoms with E-state index in [1.807, 2.05) is 36.4 Å². The van der Waals surface area contributed by atoms with Crippen molar-refractivity contribution < 1.29 is 0 Å². The van der Waals surface area contributed by atoms with Crippen LogP contribution < -0.4 is 10.6 Å². The SMILES string of the molecule is CC(NC(=S)N[C@@H](C)c1ccccc1)c1ccccc1. The lowest BCUT2D eigenvalue weighted by molar-refractivity contribution is 0.656. The molecule has 0 aliphatic rings. The molecular formula is C17H20N2S. The maximum atomic E-state index is 5.38. The van der Waals surface area contributed by atoms with Gasteiger partial charge >= 0.3 is 0 Å². The number of hydrogen-bond donors (Lipinski definition) is 2. The summed E-state index contributed by atoms with van der Waals surface area (Å²) in [7, 11) is 0. The van der Waals surface area contributed by atoms with E-state index in [4.69, 9.17) is 12.2 Å². The van der Waals surface area contributed by atoms with Crippen molar-refractivity contribution in [2.45, 2.75) is 25.9 Å². The Morgan fingerprint density at radius 3 is 1.45 bits per heavy atom. The molecule has 0 heterocycles. The highest BCUT2D eigenvalue weighted by molar-refractivity contribution is 7.80. The predicted octanol–water partition coefficient (Wildman–Crippen LogP) is 3.97. The molecule has 0 bridgehead atoms. The van der Waals surface area contributed by atoms with Crippen LogP contribution in [-0.2, 0) is 0 Å². The quantitative estimate of drug-likeness (QED) is 0.831. The summed E-state index contributed by atoms with van der Waals surface area (Å²) < 4.78 is 0. The molecule has 0 saturated heterocycles. The third-order valence-corrected chi connectivity index (χ3v) is 3.53. The first-order valence-corrected chi connectivity index (χ1v) is 7.24. The van der Waals surface area contributed by atoms with E-state index in [1.54, 1.807) is 0 Å². The molecule has 0 aromatic heterocycles. The summed E-state index contributed by atoms with van der Waals surface area (Å²) in [4.78, 5) is 0. The van der Waals surface area contributed by atoms with Gasteiger partial charge in [-0.1, -0.05) is 60.7 Å². The van der Waals surface area contributed by atoms with Gasteiger partial charge in [-0.2, -0.15) is 0 Å². The van der Waals surface area contributed by atoms with E-state index in [0.717, 1.165) is 0 Å². The zero-order valence-electron chi connectivity index (χ0n) is 11.8. The van der Waals surface area contributed by atoms with E-state index in [0.29, 0.717) is 5.11 Å². The Balaban J connectivity index is 1.90. The largest absolute Gasteiger partial charge is 0.356 e. The third kappa shape index (κ3) is 4.07. The zero-order chi connectivity index (χ0) is 14.4. The van der Waals surface area contributed by atoms with Crippen molar-refractivity contribution >= 4 is 17.3 Å². The maximum Gasteiger partial charge on any atom is 0.167 e. The Morgan fingerprint density at radius 1 is 0.750 bits per heavy atom. The lowest BCUT2D eigenvalue weighted by Crippen LogP contribution is -2.38. The van der Waals surface area contributed by atoms with Crippen LogP contribution in [0.25, 0.3) is 0 Å². The number of rotatable bonds is 4. The molecular weight excluding hydrogens is 264 g/mol. The second-order valence-electron chi connectivity index (χ2n) is 4.88. The van der Waals surface area contributed by atoms with Gasteiger partial charge in [0.25, 0.3) is 0 Å². The summed E-state index contributed by atoms with van der Waals surface area (Å²) in [5, 5.41) is 7.31. The number of thiocarbonyl (C=S) groups is 1. The van der Waals surface area contributed by atoms with Crippen molar-refractivity contribution in [3.8, 4) is 0 Å². The molecule has 0 radical (unpaired) electrons. The summed E-state index contributed by atoms with van der Waals surface area (Å²) in [6.45, 7) is 4.22. The van der Waals surface area contributed by atoms with Gasteiger partial charge in [-0.15, -0.1) is 0 Å². The molecule has 1 unspecified atom stereocenters. The minimum Gasteiger partial charge on any atom is -0.356 e. The molecule has 20 heavy (non-hydrogen) atoms. The topological polar surface area (TPSA) is 24.1 Å². The molecule has 0 amide bonds. The first-order chi connectivity index (χ1) is 9.66. The average molecular weight is 284 g/mol. The summed E-state index contributed by atoms with van der Waals surface area (Å²) in [6, 6.07) is 21.0. The van der Waals surface area contributed by atoms with Crippen LogP contribution in [0.2, 0.25) is 0 Å². The van der Waals surface area contributed by atoms with Crippen LogP contribution in [0, 0.1) is 0 Å². The number of benzene rings is 2. The Labute approximate surface area is 126 Å². The van der Waals surface area contributed by atoms with Crippen molar-refractivity contribution in [1.82, 2.24) is 10.6 Å². The summed E-state index contributed by atoms with van der Waals surface area (Å²) in [6.07, 6.45) is 0. The Kier molecular flexibility index (Phi) is 5.13. The molecule has 2 rings (SSSR count). The molecule has 2 N–H and O–H groups in total. The zero-order valence-corrected chi connectivity index (χ0v) is 12.7. The van der Waals surface area contributed by atoms with Gasteiger partial charge in [-0.05, 0) is 37.2 Å². The smallest absolute Gasteiger partial charge is 0.167 e. The van der Waals surface area contributed by atoms with Crippen LogP contribution in [0.5, 0.6) is 0 Å². The Hall–Kier alpha value is -1.87. The average Bonchev–Trinajstić information content (AvgIpc) is 2.49. The summed E-state index contributed by atoms with van der Waals surface area (Å²) >= 11 is 5.38. The highest BCUT2D eigenvalue weighted by atomic mass is 32.1. The second kappa shape index (κ2) is 7.06. The van der Waals surface area contributed by atoms with Gasteiger partial charge in [0.1, 0.15) is 0 Å². The van der Waals surface area contributed by atoms with Gasteiger partial charge in [0.2, 0.25) is 0 Å². The van der Waals surface area contributed by atoms with Crippen LogP contribution in [0.15, 0.2) is 60.7 Å². The van der Waals surface area contributed by atoms with E-state index in [2.05, 4.69) is 48.7 Å². The second-order valence-corrected chi connectivity index (χ2v) is 5.29. The van der Waals surface area contributed by atoms with E-state index in [1.165, 1.54) is 11.1 Å². The fraction of sp³-hybridized carbons (Fsp3) is 0.235. The molecule has 0 saturated carbocycles. The first kappa shape index (κ1) is 14.5. The van der Waals surface area contributed by atoms with E-state index in [-0.39, 0.29) is 12.1 Å². The van der Waals surface area contributed by atoms with E-state index in [9.17, 15) is 0 Å². The fourth-order valence-corrected chi connectivity index (χ4v) is 2.44. The van der Waals surface area contributed by atoms with Crippen LogP contribution in [0.1, 0.15) is 37.1 Å². The van der Waals surface area contributed by atoms with Crippen molar-refractivity contribution in [3.63, 3.8) is 0 Å². The lowest BCUT2D eigenvalue weighted by Gasteiger charge is -2.21. The lowest BCUT2D eigenvalue weighted by atomic mass is 10.1. The van der Waals surface area contributed by atoms with Gasteiger partial charge in [0, 0.05) is 0 Å². The van der Waals surface area contributed by atoms with Crippen LogP contribution in [-0.4, -0.2) is 5.11 Å². The Morgan fingerprint density at radius 2 is 1.10 bits per heavy atom. The van der Waals surface area contributed by atoms with Gasteiger partial charge in [-0.25, -0.2) is 0 Å². The highest BCUT2D eigenvalue weighted by Crippen LogP contribution is 2.13. The standard InChI is InChI=1S/C17H20N2S/c1-13(15-9-5-3-6-10-15)18-17(20)19-14(2)16-11-7-4-8-12-16/h3-14H,1-2H3,(H2,18,19,20)/t13-,14?/m0/s1. The number of nitrogens with one attached hydrogen (secondary N) is 2. The molecule has 2 nitrogen and oxygen atoms in total. The van der Waals surface area contributed by atoms with Crippen molar-refractivity contribution in [2.75, 3.05) is 0 Å². The predicted molar refractivity (Wildman–Crippen MR) is 88.6 cm³/mol. The molecule has 3 heteroatoms. The molecule has 104 valence electrons. The molecule has 2 aromatic carbocycles. The fourth-order valence-electron chi connectivity index (χ4n) is 2.09. The monoisotopic (exact) mass is 284 g/mol. The highest BCUT2D eigenvalue weighted by Gasteiger charge is 2.09. The van der Waals surface area contributed by atoms with Crippen molar-refractivity contribution in [3.05, 3.63) is 71.8 Å². The van der Waals surface area contributed by atoms with Crippen molar-refractivity contribution in [1.29, 1.82) is 0 Å². The van der Waals surface area contributed by atoms with Crippen molar-refractivity contribution in [2.24, 2.45) is 0 Å². The summed E-state index contributed by atoms with van der Waals surface area (Å²) in [5.74, 6) is 0. The molecule has 2 aromatic rings. The normalized spacial score (nSPS) is 13.3. The minimum atomic E-state index is 0.194. The minimum absolute atomic E-state index is 0.194. The molecule has 0 aliphatic carbocycles. The maximum absolute atomic E-state index is 5.38. The first-order valence-electron chi connectivity index (χ1n) is 6.83. The molecule has 0 spiro atoms. The Bertz CT molecular complexity index is 490. The molecule has 2 atom stereocenters. The molecule has 0 aliphatic heterocycles. The molecule has 0 fully saturated rings. The van der Waals surface area contributed by atoms with Gasteiger partial charge in [-0.3, -0.25) is 0 Å². The van der Waals surface area contributed by atoms with Gasteiger partial charge in [0.15, 0.2) is 5.11 Å². The van der Waals surface area contributed by atoms with Gasteiger partial charge in [0.05, 0.1) is 12.1 Å². The van der Waals surface area contributed by atoms with Crippen LogP contribution in [0.4, 0.5) is 0 Å².